The van der Waals surface area contributed by atoms with Gasteiger partial charge in [-0.15, -0.1) is 0 Å². The van der Waals surface area contributed by atoms with Crippen LogP contribution < -0.4 is 0 Å². The van der Waals surface area contributed by atoms with E-state index >= 15 is 0 Å². The molecule has 1 spiro atoms. The van der Waals surface area contributed by atoms with Crippen LogP contribution in [0.25, 0.3) is 0 Å². The molecule has 2 saturated heterocycles. The van der Waals surface area contributed by atoms with Crippen molar-refractivity contribution in [1.82, 2.24) is 9.80 Å². The van der Waals surface area contributed by atoms with E-state index in [4.69, 9.17) is 9.15 Å². The lowest BCUT2D eigenvalue weighted by Gasteiger charge is -2.39. The minimum absolute atomic E-state index is 0.185. The first-order valence-corrected chi connectivity index (χ1v) is 8.11. The van der Waals surface area contributed by atoms with E-state index in [0.717, 1.165) is 44.8 Å². The normalized spacial score (nSPS) is 25.0. The molecule has 0 unspecified atom stereocenters. The van der Waals surface area contributed by atoms with Crippen molar-refractivity contribution in [3.05, 3.63) is 24.2 Å². The zero-order valence-electron chi connectivity index (χ0n) is 13.6. The highest BCUT2D eigenvalue weighted by Gasteiger charge is 2.44. The van der Waals surface area contributed by atoms with Crippen molar-refractivity contribution in [3.8, 4) is 0 Å². The standard InChI is InChI=1S/C17H26N2O3/c1-18-13-17(11-14(18)12-21-2)5-7-19(8-6-17)16(20)10-15-4-3-9-22-15/h3-4,9,14H,5-8,10-13H2,1-2H3/t14-/m0/s1. The molecule has 1 aromatic heterocycles. The highest BCUT2D eigenvalue weighted by atomic mass is 16.5. The molecule has 122 valence electrons. The maximum absolute atomic E-state index is 12.3. The van der Waals surface area contributed by atoms with Crippen LogP contribution in [0, 0.1) is 5.41 Å². The molecule has 2 fully saturated rings. The summed E-state index contributed by atoms with van der Waals surface area (Å²) in [5, 5.41) is 0. The summed E-state index contributed by atoms with van der Waals surface area (Å²) < 4.78 is 10.6. The van der Waals surface area contributed by atoms with Crippen LogP contribution in [0.2, 0.25) is 0 Å². The van der Waals surface area contributed by atoms with Gasteiger partial charge in [0, 0.05) is 32.8 Å². The predicted molar refractivity (Wildman–Crippen MR) is 83.6 cm³/mol. The first kappa shape index (κ1) is 15.6. The lowest BCUT2D eigenvalue weighted by molar-refractivity contribution is -0.133. The number of carbonyl (C=O) groups is 1. The molecule has 5 heteroatoms. The molecule has 1 amide bonds. The molecule has 3 heterocycles. The Morgan fingerprint density at radius 3 is 2.86 bits per heavy atom. The second-order valence-electron chi connectivity index (χ2n) is 6.87. The molecule has 0 N–H and O–H groups in total. The molecule has 5 nitrogen and oxygen atoms in total. The number of likely N-dealkylation sites (N-methyl/N-ethyl adjacent to an activating group) is 1. The van der Waals surface area contributed by atoms with Crippen molar-refractivity contribution in [1.29, 1.82) is 0 Å². The van der Waals surface area contributed by atoms with E-state index in [1.165, 1.54) is 6.42 Å². The molecule has 22 heavy (non-hydrogen) atoms. The van der Waals surface area contributed by atoms with Gasteiger partial charge in [0.2, 0.25) is 5.91 Å². The molecule has 0 aromatic carbocycles. The number of methoxy groups -OCH3 is 1. The van der Waals surface area contributed by atoms with Crippen LogP contribution in [0.4, 0.5) is 0 Å². The second-order valence-corrected chi connectivity index (χ2v) is 6.87. The highest BCUT2D eigenvalue weighted by molar-refractivity contribution is 5.78. The van der Waals surface area contributed by atoms with Gasteiger partial charge in [0.1, 0.15) is 5.76 Å². The van der Waals surface area contributed by atoms with Crippen LogP contribution in [0.3, 0.4) is 0 Å². The monoisotopic (exact) mass is 306 g/mol. The number of hydrogen-bond acceptors (Lipinski definition) is 4. The summed E-state index contributed by atoms with van der Waals surface area (Å²) in [6.45, 7) is 3.67. The highest BCUT2D eigenvalue weighted by Crippen LogP contribution is 2.42. The molecular weight excluding hydrogens is 280 g/mol. The fraction of sp³-hybridized carbons (Fsp3) is 0.706. The fourth-order valence-electron chi connectivity index (χ4n) is 4.02. The number of amides is 1. The molecule has 0 aliphatic carbocycles. The van der Waals surface area contributed by atoms with Crippen molar-refractivity contribution < 1.29 is 13.9 Å². The molecule has 0 radical (unpaired) electrons. The van der Waals surface area contributed by atoms with Gasteiger partial charge < -0.3 is 19.0 Å². The average Bonchev–Trinajstić information content (AvgIpc) is 3.09. The van der Waals surface area contributed by atoms with Crippen molar-refractivity contribution in [2.75, 3.05) is 40.4 Å². The third kappa shape index (κ3) is 3.20. The van der Waals surface area contributed by atoms with E-state index in [9.17, 15) is 4.79 Å². The summed E-state index contributed by atoms with van der Waals surface area (Å²) in [5.41, 5.74) is 0.374. The zero-order valence-corrected chi connectivity index (χ0v) is 13.6. The van der Waals surface area contributed by atoms with E-state index < -0.39 is 0 Å². The molecule has 2 aliphatic heterocycles. The molecular formula is C17H26N2O3. The second kappa shape index (κ2) is 6.42. The number of nitrogens with zero attached hydrogens (tertiary/aromatic N) is 2. The molecule has 2 aliphatic rings. The fourth-order valence-corrected chi connectivity index (χ4v) is 4.02. The number of rotatable bonds is 4. The first-order valence-electron chi connectivity index (χ1n) is 8.11. The molecule has 1 aromatic rings. The Morgan fingerprint density at radius 1 is 1.45 bits per heavy atom. The number of ether oxygens (including phenoxy) is 1. The number of carbonyl (C=O) groups excluding carboxylic acids is 1. The van der Waals surface area contributed by atoms with Gasteiger partial charge in [-0.3, -0.25) is 4.79 Å². The summed E-state index contributed by atoms with van der Waals surface area (Å²) >= 11 is 0. The SMILES string of the molecule is COC[C@@H]1CC2(CCN(C(=O)Cc3ccco3)CC2)CN1C. The van der Waals surface area contributed by atoms with Gasteiger partial charge in [-0.25, -0.2) is 0 Å². The Labute approximate surface area is 132 Å². The summed E-state index contributed by atoms with van der Waals surface area (Å²) in [7, 11) is 3.96. The molecule has 0 bridgehead atoms. The number of likely N-dealkylation sites (tertiary alicyclic amines) is 2. The summed E-state index contributed by atoms with van der Waals surface area (Å²) in [4.78, 5) is 16.8. The average molecular weight is 306 g/mol. The van der Waals surface area contributed by atoms with Crippen molar-refractivity contribution >= 4 is 5.91 Å². The Hall–Kier alpha value is -1.33. The number of hydrogen-bond donors (Lipinski definition) is 0. The third-order valence-corrected chi connectivity index (χ3v) is 5.32. The Balaban J connectivity index is 1.53. The minimum Gasteiger partial charge on any atom is -0.469 e. The zero-order chi connectivity index (χ0) is 15.6. The Bertz CT molecular complexity index is 492. The van der Waals surface area contributed by atoms with E-state index in [0.29, 0.717) is 17.9 Å². The van der Waals surface area contributed by atoms with Gasteiger partial charge in [0.15, 0.2) is 0 Å². The van der Waals surface area contributed by atoms with Crippen molar-refractivity contribution in [2.24, 2.45) is 5.41 Å². The van der Waals surface area contributed by atoms with E-state index in [1.807, 2.05) is 17.0 Å². The van der Waals surface area contributed by atoms with Crippen LogP contribution >= 0.6 is 0 Å². The maximum Gasteiger partial charge on any atom is 0.230 e. The van der Waals surface area contributed by atoms with E-state index in [-0.39, 0.29) is 5.91 Å². The van der Waals surface area contributed by atoms with Gasteiger partial charge in [0.25, 0.3) is 0 Å². The molecule has 3 rings (SSSR count). The van der Waals surface area contributed by atoms with Gasteiger partial charge in [-0.1, -0.05) is 0 Å². The smallest absolute Gasteiger partial charge is 0.230 e. The largest absolute Gasteiger partial charge is 0.469 e. The lowest BCUT2D eigenvalue weighted by Crippen LogP contribution is -2.44. The maximum atomic E-state index is 12.3. The van der Waals surface area contributed by atoms with E-state index in [2.05, 4.69) is 11.9 Å². The molecule has 1 atom stereocenters. The Morgan fingerprint density at radius 2 is 2.23 bits per heavy atom. The van der Waals surface area contributed by atoms with Crippen LogP contribution in [-0.2, 0) is 16.0 Å². The Kier molecular flexibility index (Phi) is 4.54. The minimum atomic E-state index is 0.185. The summed E-state index contributed by atoms with van der Waals surface area (Å²) in [5.74, 6) is 0.940. The number of furan rings is 1. The quantitative estimate of drug-likeness (QED) is 0.851. The summed E-state index contributed by atoms with van der Waals surface area (Å²) in [6, 6.07) is 4.22. The summed E-state index contributed by atoms with van der Waals surface area (Å²) in [6.07, 6.45) is 5.39. The van der Waals surface area contributed by atoms with Gasteiger partial charge in [0.05, 0.1) is 19.3 Å². The van der Waals surface area contributed by atoms with Crippen molar-refractivity contribution in [3.63, 3.8) is 0 Å². The van der Waals surface area contributed by atoms with Crippen LogP contribution in [0.1, 0.15) is 25.0 Å². The van der Waals surface area contributed by atoms with Crippen LogP contribution in [-0.4, -0.2) is 62.1 Å². The third-order valence-electron chi connectivity index (χ3n) is 5.32. The number of piperidine rings is 1. The van der Waals surface area contributed by atoms with Gasteiger partial charge >= 0.3 is 0 Å². The predicted octanol–water partition coefficient (Wildman–Crippen LogP) is 1.78. The topological polar surface area (TPSA) is 45.9 Å². The lowest BCUT2D eigenvalue weighted by atomic mass is 9.76. The van der Waals surface area contributed by atoms with Gasteiger partial charge in [-0.05, 0) is 43.9 Å². The molecule has 0 saturated carbocycles. The van der Waals surface area contributed by atoms with Crippen LogP contribution in [0.5, 0.6) is 0 Å². The van der Waals surface area contributed by atoms with Crippen molar-refractivity contribution in [2.45, 2.75) is 31.7 Å². The van der Waals surface area contributed by atoms with Gasteiger partial charge in [-0.2, -0.15) is 0 Å². The first-order chi connectivity index (χ1) is 10.6. The van der Waals surface area contributed by atoms with E-state index in [1.54, 1.807) is 13.4 Å². The van der Waals surface area contributed by atoms with Crippen LogP contribution in [0.15, 0.2) is 22.8 Å².